The Bertz CT molecular complexity index is 969. The molecule has 0 radical (unpaired) electrons. The normalized spacial score (nSPS) is 20.4. The number of rotatable bonds is 6. The lowest BCUT2D eigenvalue weighted by molar-refractivity contribution is -0.119. The van der Waals surface area contributed by atoms with E-state index in [4.69, 9.17) is 9.57 Å². The molecule has 0 saturated carbocycles. The topological polar surface area (TPSA) is 112 Å². The molecule has 32 heavy (non-hydrogen) atoms. The van der Waals surface area contributed by atoms with Crippen LogP contribution in [0.25, 0.3) is 0 Å². The third-order valence-corrected chi connectivity index (χ3v) is 6.68. The monoisotopic (exact) mass is 477 g/mol. The summed E-state index contributed by atoms with van der Waals surface area (Å²) >= 11 is 0. The number of hydrogen-bond donors (Lipinski definition) is 1. The van der Waals surface area contributed by atoms with Crippen molar-refractivity contribution in [2.75, 3.05) is 63.2 Å². The molecular weight excluding hydrogens is 452 g/mol. The van der Waals surface area contributed by atoms with Crippen LogP contribution in [0.5, 0.6) is 0 Å². The van der Waals surface area contributed by atoms with Gasteiger partial charge in [0.15, 0.2) is 11.6 Å². The molecule has 0 unspecified atom stereocenters. The molecule has 2 amide bonds. The molecule has 0 bridgehead atoms. The second kappa shape index (κ2) is 9.52. The number of anilines is 2. The second-order valence-electron chi connectivity index (χ2n) is 7.45. The average molecular weight is 477 g/mol. The summed E-state index contributed by atoms with van der Waals surface area (Å²) in [4.78, 5) is 30.8. The third kappa shape index (κ3) is 5.09. The highest BCUT2D eigenvalue weighted by Gasteiger charge is 2.34. The molecule has 178 valence electrons. The average Bonchev–Trinajstić information content (AvgIpc) is 2.90. The van der Waals surface area contributed by atoms with Crippen molar-refractivity contribution < 1.29 is 36.4 Å². The fourth-order valence-corrected chi connectivity index (χ4v) is 4.21. The molecule has 0 aliphatic carbocycles. The molecule has 1 atom stereocenters. The highest BCUT2D eigenvalue weighted by atomic mass is 32.2. The van der Waals surface area contributed by atoms with Crippen molar-refractivity contribution in [2.45, 2.75) is 13.0 Å². The van der Waals surface area contributed by atoms with Crippen LogP contribution in [0.3, 0.4) is 0 Å². The van der Waals surface area contributed by atoms with Crippen LogP contribution < -0.4 is 15.1 Å². The predicted octanol–water partition coefficient (Wildman–Crippen LogP) is 0.286. The fraction of sp³-hybridized carbons (Fsp3) is 0.556. The van der Waals surface area contributed by atoms with Crippen LogP contribution in [0.2, 0.25) is 0 Å². The number of halogens is 2. The number of nitrogens with one attached hydrogen (secondary N) is 1. The molecule has 1 aromatic carbocycles. The summed E-state index contributed by atoms with van der Waals surface area (Å²) in [6.07, 6.45) is -1.43. The molecule has 2 aliphatic heterocycles. The van der Waals surface area contributed by atoms with E-state index in [2.05, 4.69) is 5.32 Å². The minimum absolute atomic E-state index is 0.00912. The number of hydroxylamine groups is 1. The van der Waals surface area contributed by atoms with Gasteiger partial charge in [-0.05, 0) is 0 Å². The van der Waals surface area contributed by atoms with Crippen LogP contribution in [0.15, 0.2) is 12.1 Å². The quantitative estimate of drug-likeness (QED) is 0.627. The molecule has 14 heteroatoms. The maximum absolute atomic E-state index is 14.9. The van der Waals surface area contributed by atoms with Crippen LogP contribution in [-0.4, -0.2) is 88.7 Å². The third-order valence-electron chi connectivity index (χ3n) is 4.95. The van der Waals surface area contributed by atoms with Crippen molar-refractivity contribution in [3.05, 3.63) is 23.8 Å². The lowest BCUT2D eigenvalue weighted by atomic mass is 10.2. The fourth-order valence-electron chi connectivity index (χ4n) is 3.33. The zero-order valence-electron chi connectivity index (χ0n) is 17.9. The van der Waals surface area contributed by atoms with E-state index >= 15 is 0 Å². The number of nitrogens with zero attached hydrogens (tertiary/aromatic N) is 4. The number of cyclic esters (lactones) is 1. The van der Waals surface area contributed by atoms with Crippen molar-refractivity contribution >= 4 is 33.6 Å². The zero-order chi connectivity index (χ0) is 23.6. The molecule has 2 fully saturated rings. The Morgan fingerprint density at radius 1 is 1.22 bits per heavy atom. The lowest BCUT2D eigenvalue weighted by Gasteiger charge is -2.25. The van der Waals surface area contributed by atoms with Crippen molar-refractivity contribution in [1.29, 1.82) is 0 Å². The van der Waals surface area contributed by atoms with E-state index in [9.17, 15) is 26.8 Å². The Labute approximate surface area is 184 Å². The molecule has 0 spiro atoms. The number of carbonyl (C=O) groups excluding carboxylic acids is 2. The van der Waals surface area contributed by atoms with Gasteiger partial charge in [-0.15, -0.1) is 0 Å². The minimum atomic E-state index is -3.84. The zero-order valence-corrected chi connectivity index (χ0v) is 18.7. The van der Waals surface area contributed by atoms with Crippen LogP contribution in [-0.2, 0) is 24.6 Å². The van der Waals surface area contributed by atoms with E-state index in [0.717, 1.165) is 25.8 Å². The van der Waals surface area contributed by atoms with Gasteiger partial charge >= 0.3 is 16.3 Å². The number of benzene rings is 1. The summed E-state index contributed by atoms with van der Waals surface area (Å²) in [7, 11) is -1.14. The smallest absolute Gasteiger partial charge is 0.414 e. The maximum atomic E-state index is 14.9. The van der Waals surface area contributed by atoms with Crippen molar-refractivity contribution in [2.24, 2.45) is 0 Å². The van der Waals surface area contributed by atoms with Gasteiger partial charge < -0.3 is 15.0 Å². The summed E-state index contributed by atoms with van der Waals surface area (Å²) in [6, 6.07) is 2.03. The van der Waals surface area contributed by atoms with Crippen LogP contribution in [0.1, 0.15) is 6.92 Å². The molecule has 1 N–H and O–H groups in total. The van der Waals surface area contributed by atoms with Gasteiger partial charge in [-0.3, -0.25) is 14.5 Å². The van der Waals surface area contributed by atoms with Gasteiger partial charge in [0.2, 0.25) is 5.91 Å². The van der Waals surface area contributed by atoms with Gasteiger partial charge in [0, 0.05) is 46.2 Å². The van der Waals surface area contributed by atoms with Crippen molar-refractivity contribution in [1.82, 2.24) is 14.1 Å². The number of carbonyl (C=O) groups is 2. The molecule has 11 nitrogen and oxygen atoms in total. The summed E-state index contributed by atoms with van der Waals surface area (Å²) in [6.45, 7) is 1.23. The Kier molecular flexibility index (Phi) is 7.17. The first-order valence-corrected chi connectivity index (χ1v) is 11.2. The van der Waals surface area contributed by atoms with Gasteiger partial charge in [0.05, 0.1) is 31.9 Å². The van der Waals surface area contributed by atoms with Gasteiger partial charge in [0.1, 0.15) is 11.8 Å². The summed E-state index contributed by atoms with van der Waals surface area (Å²) in [5.41, 5.74) is -0.370. The Hall–Kier alpha value is -2.55. The number of hydrogen-bond acceptors (Lipinski definition) is 7. The maximum Gasteiger partial charge on any atom is 0.414 e. The first-order chi connectivity index (χ1) is 15.0. The highest BCUT2D eigenvalue weighted by Crippen LogP contribution is 2.31. The van der Waals surface area contributed by atoms with E-state index in [1.807, 2.05) is 0 Å². The molecule has 2 heterocycles. The summed E-state index contributed by atoms with van der Waals surface area (Å²) < 4.78 is 61.2. The standard InChI is InChI=1S/C18H25F2N5O6S/c1-12(26)21-10-14-11-24(18(27)31-14)13-8-15(19)17(16(20)9-13)23-4-5-25(30-7-6-23)32(28,29)22(2)3/h8-9,14H,4-7,10-11H2,1-3H3,(H,21,26)/t14-/m0/s1. The SMILES string of the molecule is CC(=O)NC[C@H]1CN(c2cc(F)c(N3CCON(S(=O)(=O)N(C)C)CC3)c(F)c2)C(=O)O1. The molecular formula is C18H25F2N5O6S. The van der Waals surface area contributed by atoms with Gasteiger partial charge in [-0.2, -0.15) is 12.7 Å². The Morgan fingerprint density at radius 3 is 2.47 bits per heavy atom. The summed E-state index contributed by atoms with van der Waals surface area (Å²) in [5.74, 6) is -2.12. The predicted molar refractivity (Wildman–Crippen MR) is 110 cm³/mol. The van der Waals surface area contributed by atoms with E-state index in [-0.39, 0.29) is 56.6 Å². The van der Waals surface area contributed by atoms with Crippen molar-refractivity contribution in [3.8, 4) is 0 Å². The van der Waals surface area contributed by atoms with Gasteiger partial charge in [0.25, 0.3) is 0 Å². The summed E-state index contributed by atoms with van der Waals surface area (Å²) in [5, 5.41) is 2.52. The number of amides is 2. The Morgan fingerprint density at radius 2 is 1.88 bits per heavy atom. The first kappa shape index (κ1) is 24.1. The first-order valence-electron chi connectivity index (χ1n) is 9.80. The molecule has 2 aliphatic rings. The van der Waals surface area contributed by atoms with Crippen LogP contribution in [0.4, 0.5) is 25.0 Å². The van der Waals surface area contributed by atoms with Gasteiger partial charge in [-0.1, -0.05) is 4.47 Å². The second-order valence-corrected chi connectivity index (χ2v) is 9.48. The van der Waals surface area contributed by atoms with E-state index in [0.29, 0.717) is 0 Å². The largest absolute Gasteiger partial charge is 0.442 e. The highest BCUT2D eigenvalue weighted by molar-refractivity contribution is 7.86. The van der Waals surface area contributed by atoms with Crippen LogP contribution >= 0.6 is 0 Å². The number of ether oxygens (including phenoxy) is 1. The van der Waals surface area contributed by atoms with E-state index < -0.39 is 34.0 Å². The van der Waals surface area contributed by atoms with Crippen molar-refractivity contribution in [3.63, 3.8) is 0 Å². The van der Waals surface area contributed by atoms with E-state index in [1.54, 1.807) is 0 Å². The van der Waals surface area contributed by atoms with Gasteiger partial charge in [-0.25, -0.2) is 13.6 Å². The molecule has 2 saturated heterocycles. The molecule has 1 aromatic rings. The van der Waals surface area contributed by atoms with Crippen LogP contribution in [0, 0.1) is 11.6 Å². The lowest BCUT2D eigenvalue weighted by Crippen LogP contribution is -2.41. The molecule has 3 rings (SSSR count). The minimum Gasteiger partial charge on any atom is -0.442 e. The Balaban J connectivity index is 1.75. The van der Waals surface area contributed by atoms with E-state index in [1.165, 1.54) is 25.9 Å². The molecule has 0 aromatic heterocycles.